The molecule has 0 spiro atoms. The van der Waals surface area contributed by atoms with Gasteiger partial charge >= 0.3 is 0 Å². The second kappa shape index (κ2) is 11.4. The maximum atomic E-state index is 13.1. The van der Waals surface area contributed by atoms with Crippen LogP contribution in [0.2, 0.25) is 5.02 Å². The van der Waals surface area contributed by atoms with Crippen molar-refractivity contribution in [1.29, 1.82) is 0 Å². The lowest BCUT2D eigenvalue weighted by molar-refractivity contribution is -0.140. The second-order valence-corrected chi connectivity index (χ2v) is 8.56. The third kappa shape index (κ3) is 7.16. The van der Waals surface area contributed by atoms with Crippen LogP contribution < -0.4 is 5.32 Å². The van der Waals surface area contributed by atoms with Gasteiger partial charge in [-0.15, -0.1) is 0 Å². The number of benzene rings is 2. The number of carbonyl (C=O) groups is 2. The van der Waals surface area contributed by atoms with E-state index >= 15 is 0 Å². The fourth-order valence-corrected chi connectivity index (χ4v) is 3.42. The fourth-order valence-electron chi connectivity index (χ4n) is 2.92. The molecule has 2 amide bonds. The summed E-state index contributed by atoms with van der Waals surface area (Å²) in [7, 11) is 0. The molecule has 0 fully saturated rings. The van der Waals surface area contributed by atoms with Crippen LogP contribution in [-0.4, -0.2) is 28.8 Å². The Hall–Kier alpha value is -1.85. The molecule has 2 aromatic rings. The number of nitrogens with one attached hydrogen (secondary N) is 1. The Balaban J connectivity index is 2.15. The number of aryl methyl sites for hydroxylation is 1. The average molecular weight is 480 g/mol. The Bertz CT molecular complexity index is 826. The van der Waals surface area contributed by atoms with Crippen molar-refractivity contribution in [1.82, 2.24) is 10.2 Å². The standard InChI is InChI=1S/C23H28BrClN2O2/c1-4-16(2)26-23(29)17(3)27(15-18-9-12-20(24)13-10-18)22(28)14-11-19-7-5-6-8-21(19)25/h5-10,12-13,16-17H,4,11,14-15H2,1-3H3,(H,26,29)/t16-,17-/m0/s1. The Morgan fingerprint density at radius 3 is 2.38 bits per heavy atom. The summed E-state index contributed by atoms with van der Waals surface area (Å²) in [6.07, 6.45) is 1.67. The van der Waals surface area contributed by atoms with E-state index in [9.17, 15) is 9.59 Å². The molecular weight excluding hydrogens is 452 g/mol. The predicted molar refractivity (Wildman–Crippen MR) is 122 cm³/mol. The number of hydrogen-bond donors (Lipinski definition) is 1. The third-order valence-corrected chi connectivity index (χ3v) is 5.90. The van der Waals surface area contributed by atoms with Gasteiger partial charge < -0.3 is 10.2 Å². The molecule has 1 N–H and O–H groups in total. The van der Waals surface area contributed by atoms with Crippen LogP contribution in [0.25, 0.3) is 0 Å². The van der Waals surface area contributed by atoms with E-state index in [-0.39, 0.29) is 17.9 Å². The molecule has 0 aliphatic heterocycles. The van der Waals surface area contributed by atoms with Crippen molar-refractivity contribution >= 4 is 39.3 Å². The lowest BCUT2D eigenvalue weighted by Gasteiger charge is -2.30. The summed E-state index contributed by atoms with van der Waals surface area (Å²) in [5.74, 6) is -0.206. The zero-order valence-electron chi connectivity index (χ0n) is 17.1. The van der Waals surface area contributed by atoms with Crippen molar-refractivity contribution in [3.8, 4) is 0 Å². The number of carbonyl (C=O) groups excluding carboxylic acids is 2. The van der Waals surface area contributed by atoms with Crippen LogP contribution >= 0.6 is 27.5 Å². The van der Waals surface area contributed by atoms with Crippen molar-refractivity contribution in [2.24, 2.45) is 0 Å². The van der Waals surface area contributed by atoms with Gasteiger partial charge in [0.2, 0.25) is 11.8 Å². The van der Waals surface area contributed by atoms with Crippen LogP contribution in [0, 0.1) is 0 Å². The highest BCUT2D eigenvalue weighted by Gasteiger charge is 2.26. The lowest BCUT2D eigenvalue weighted by Crippen LogP contribution is -2.49. The van der Waals surface area contributed by atoms with Gasteiger partial charge in [0.1, 0.15) is 6.04 Å². The number of nitrogens with zero attached hydrogens (tertiary/aromatic N) is 1. The van der Waals surface area contributed by atoms with Crippen molar-refractivity contribution in [2.75, 3.05) is 0 Å². The topological polar surface area (TPSA) is 49.4 Å². The van der Waals surface area contributed by atoms with E-state index in [1.165, 1.54) is 0 Å². The molecule has 2 atom stereocenters. The molecule has 0 saturated heterocycles. The molecular formula is C23H28BrClN2O2. The number of halogens is 2. The van der Waals surface area contributed by atoms with E-state index in [4.69, 9.17) is 11.6 Å². The summed E-state index contributed by atoms with van der Waals surface area (Å²) in [6.45, 7) is 6.14. The third-order valence-electron chi connectivity index (χ3n) is 5.00. The summed E-state index contributed by atoms with van der Waals surface area (Å²) in [6, 6.07) is 14.8. The molecule has 2 rings (SSSR count). The van der Waals surface area contributed by atoms with Gasteiger partial charge in [0, 0.05) is 28.5 Å². The summed E-state index contributed by atoms with van der Waals surface area (Å²) >= 11 is 9.65. The van der Waals surface area contributed by atoms with Gasteiger partial charge in [-0.1, -0.05) is 64.8 Å². The maximum Gasteiger partial charge on any atom is 0.242 e. The highest BCUT2D eigenvalue weighted by atomic mass is 79.9. The van der Waals surface area contributed by atoms with E-state index < -0.39 is 6.04 Å². The average Bonchev–Trinajstić information content (AvgIpc) is 2.71. The lowest BCUT2D eigenvalue weighted by atomic mass is 10.1. The molecule has 0 saturated carbocycles. The molecule has 6 heteroatoms. The fraction of sp³-hybridized carbons (Fsp3) is 0.391. The first kappa shape index (κ1) is 23.4. The molecule has 0 aliphatic rings. The Morgan fingerprint density at radius 2 is 1.76 bits per heavy atom. The first-order valence-corrected chi connectivity index (χ1v) is 11.1. The van der Waals surface area contributed by atoms with Crippen LogP contribution in [-0.2, 0) is 22.6 Å². The highest BCUT2D eigenvalue weighted by molar-refractivity contribution is 9.10. The Morgan fingerprint density at radius 1 is 1.10 bits per heavy atom. The van der Waals surface area contributed by atoms with E-state index in [0.717, 1.165) is 22.0 Å². The van der Waals surface area contributed by atoms with Crippen molar-refractivity contribution < 1.29 is 9.59 Å². The second-order valence-electron chi connectivity index (χ2n) is 7.23. The Kier molecular flexibility index (Phi) is 9.18. The minimum atomic E-state index is -0.564. The molecule has 4 nitrogen and oxygen atoms in total. The minimum absolute atomic E-state index is 0.0673. The van der Waals surface area contributed by atoms with Crippen LogP contribution in [0.3, 0.4) is 0 Å². The summed E-state index contributed by atoms with van der Waals surface area (Å²) < 4.78 is 0.973. The van der Waals surface area contributed by atoms with E-state index in [1.54, 1.807) is 11.8 Å². The first-order valence-electron chi connectivity index (χ1n) is 9.89. The predicted octanol–water partition coefficient (Wildman–Crippen LogP) is 5.37. The van der Waals surface area contributed by atoms with Crippen LogP contribution in [0.15, 0.2) is 53.0 Å². The van der Waals surface area contributed by atoms with Gasteiger partial charge in [0.15, 0.2) is 0 Å². The van der Waals surface area contributed by atoms with Gasteiger partial charge in [-0.25, -0.2) is 0 Å². The summed E-state index contributed by atoms with van der Waals surface area (Å²) in [4.78, 5) is 27.4. The van der Waals surface area contributed by atoms with Gasteiger partial charge in [0.05, 0.1) is 0 Å². The maximum absolute atomic E-state index is 13.1. The van der Waals surface area contributed by atoms with E-state index in [2.05, 4.69) is 21.2 Å². The number of rotatable bonds is 9. The Labute approximate surface area is 186 Å². The largest absolute Gasteiger partial charge is 0.352 e. The van der Waals surface area contributed by atoms with Gasteiger partial charge in [-0.3, -0.25) is 9.59 Å². The van der Waals surface area contributed by atoms with E-state index in [1.807, 2.05) is 62.4 Å². The molecule has 0 aliphatic carbocycles. The van der Waals surface area contributed by atoms with Crippen LogP contribution in [0.1, 0.15) is 44.7 Å². The molecule has 29 heavy (non-hydrogen) atoms. The number of hydrogen-bond acceptors (Lipinski definition) is 2. The summed E-state index contributed by atoms with van der Waals surface area (Å²) in [5.41, 5.74) is 1.91. The first-order chi connectivity index (χ1) is 13.8. The molecule has 2 aromatic carbocycles. The van der Waals surface area contributed by atoms with Crippen molar-refractivity contribution in [2.45, 2.75) is 58.7 Å². The van der Waals surface area contributed by atoms with E-state index in [0.29, 0.717) is 24.4 Å². The van der Waals surface area contributed by atoms with Crippen LogP contribution in [0.4, 0.5) is 0 Å². The highest BCUT2D eigenvalue weighted by Crippen LogP contribution is 2.19. The molecule has 0 bridgehead atoms. The monoisotopic (exact) mass is 478 g/mol. The zero-order chi connectivity index (χ0) is 21.4. The molecule has 0 heterocycles. The summed E-state index contributed by atoms with van der Waals surface area (Å²) in [5, 5.41) is 3.64. The molecule has 0 aromatic heterocycles. The van der Waals surface area contributed by atoms with Gasteiger partial charge in [0.25, 0.3) is 0 Å². The van der Waals surface area contributed by atoms with Crippen LogP contribution in [0.5, 0.6) is 0 Å². The molecule has 0 radical (unpaired) electrons. The van der Waals surface area contributed by atoms with Crippen molar-refractivity contribution in [3.63, 3.8) is 0 Å². The number of amides is 2. The molecule has 0 unspecified atom stereocenters. The SMILES string of the molecule is CC[C@H](C)NC(=O)[C@H](C)N(Cc1ccc(Br)cc1)C(=O)CCc1ccccc1Cl. The smallest absolute Gasteiger partial charge is 0.242 e. The normalized spacial score (nSPS) is 12.9. The zero-order valence-corrected chi connectivity index (χ0v) is 19.5. The molecule has 156 valence electrons. The minimum Gasteiger partial charge on any atom is -0.352 e. The van der Waals surface area contributed by atoms with Gasteiger partial charge in [-0.05, 0) is 56.0 Å². The quantitative estimate of drug-likeness (QED) is 0.526. The van der Waals surface area contributed by atoms with Crippen molar-refractivity contribution in [3.05, 3.63) is 69.2 Å². The van der Waals surface area contributed by atoms with Gasteiger partial charge in [-0.2, -0.15) is 0 Å².